The van der Waals surface area contributed by atoms with Crippen molar-refractivity contribution in [3.05, 3.63) is 76.2 Å². The summed E-state index contributed by atoms with van der Waals surface area (Å²) in [7, 11) is 4.66. The zero-order valence-corrected chi connectivity index (χ0v) is 22.5. The van der Waals surface area contributed by atoms with Crippen molar-refractivity contribution in [1.29, 1.82) is 0 Å². The number of hydrogen-bond acceptors (Lipinski definition) is 10. The Hall–Kier alpha value is -3.83. The van der Waals surface area contributed by atoms with Crippen molar-refractivity contribution in [1.82, 2.24) is 15.2 Å². The molecule has 10 nitrogen and oxygen atoms in total. The van der Waals surface area contributed by atoms with Gasteiger partial charge in [-0.1, -0.05) is 23.9 Å². The molecule has 1 aromatic heterocycles. The van der Waals surface area contributed by atoms with Gasteiger partial charge in [0.05, 0.1) is 44.6 Å². The van der Waals surface area contributed by atoms with Gasteiger partial charge in [-0.15, -0.1) is 0 Å². The van der Waals surface area contributed by atoms with E-state index in [4.69, 9.17) is 18.9 Å². The van der Waals surface area contributed by atoms with Crippen molar-refractivity contribution < 1.29 is 28.5 Å². The van der Waals surface area contributed by atoms with Crippen molar-refractivity contribution in [2.24, 2.45) is 4.99 Å². The first-order chi connectivity index (χ1) is 18.5. The van der Waals surface area contributed by atoms with Crippen LogP contribution in [0.15, 0.2) is 70.1 Å². The molecule has 0 fully saturated rings. The van der Waals surface area contributed by atoms with Crippen LogP contribution in [0.2, 0.25) is 0 Å². The number of pyridine rings is 1. The Kier molecular flexibility index (Phi) is 9.03. The molecule has 0 aliphatic carbocycles. The number of esters is 1. The molecule has 0 bridgehead atoms. The number of thioether (sulfide) groups is 1. The second-order valence-corrected chi connectivity index (χ2v) is 9.29. The van der Waals surface area contributed by atoms with Gasteiger partial charge in [0.2, 0.25) is 5.91 Å². The highest BCUT2D eigenvalue weighted by Gasteiger charge is 2.41. The summed E-state index contributed by atoms with van der Waals surface area (Å²) in [6.45, 7) is 2.53. The number of amides is 1. The van der Waals surface area contributed by atoms with Crippen LogP contribution < -0.4 is 14.8 Å². The summed E-state index contributed by atoms with van der Waals surface area (Å²) in [5.74, 6) is 0.417. The fourth-order valence-electron chi connectivity index (χ4n) is 4.19. The molecule has 1 amide bonds. The van der Waals surface area contributed by atoms with E-state index in [-0.39, 0.29) is 25.5 Å². The first-order valence-corrected chi connectivity index (χ1v) is 12.8. The molecule has 1 N–H and O–H groups in total. The van der Waals surface area contributed by atoms with Gasteiger partial charge in [-0.2, -0.15) is 0 Å². The Labute approximate surface area is 225 Å². The third-order valence-corrected chi connectivity index (χ3v) is 6.91. The Bertz CT molecular complexity index is 1280. The molecular formula is C27H30N4O6S. The zero-order valence-electron chi connectivity index (χ0n) is 21.7. The van der Waals surface area contributed by atoms with Gasteiger partial charge < -0.3 is 29.2 Å². The van der Waals surface area contributed by atoms with Crippen LogP contribution in [0.1, 0.15) is 30.5 Å². The van der Waals surface area contributed by atoms with Gasteiger partial charge in [0.25, 0.3) is 0 Å². The monoisotopic (exact) mass is 538 g/mol. The summed E-state index contributed by atoms with van der Waals surface area (Å²) in [6, 6.07) is 8.61. The summed E-state index contributed by atoms with van der Waals surface area (Å²) in [4.78, 5) is 36.9. The molecule has 3 heterocycles. The van der Waals surface area contributed by atoms with Crippen LogP contribution in [-0.4, -0.2) is 61.5 Å². The molecule has 38 heavy (non-hydrogen) atoms. The maximum atomic E-state index is 13.3. The van der Waals surface area contributed by atoms with Gasteiger partial charge >= 0.3 is 5.97 Å². The Balaban J connectivity index is 1.65. The maximum absolute atomic E-state index is 13.3. The third-order valence-electron chi connectivity index (χ3n) is 6.02. The number of rotatable bonds is 11. The molecule has 1 atom stereocenters. The van der Waals surface area contributed by atoms with Crippen LogP contribution in [0, 0.1) is 0 Å². The number of nitrogens with one attached hydrogen (secondary N) is 1. The topological polar surface area (TPSA) is 112 Å². The quantitative estimate of drug-likeness (QED) is 0.339. The number of aromatic nitrogens is 1. The minimum Gasteiger partial charge on any atom is -0.493 e. The molecule has 2 aromatic rings. The summed E-state index contributed by atoms with van der Waals surface area (Å²) in [5.41, 5.74) is 3.30. The minimum absolute atomic E-state index is 0.0983. The van der Waals surface area contributed by atoms with E-state index in [1.807, 2.05) is 34.6 Å². The lowest BCUT2D eigenvalue weighted by Gasteiger charge is -2.36. The van der Waals surface area contributed by atoms with Crippen molar-refractivity contribution in [2.45, 2.75) is 25.9 Å². The fraction of sp³-hybridized carbons (Fsp3) is 0.333. The van der Waals surface area contributed by atoms with Crippen molar-refractivity contribution in [3.63, 3.8) is 0 Å². The number of carbonyl (C=O) groups is 2. The molecule has 2 aliphatic heterocycles. The van der Waals surface area contributed by atoms with E-state index < -0.39 is 12.0 Å². The number of amidine groups is 1. The molecule has 11 heteroatoms. The molecule has 0 saturated heterocycles. The summed E-state index contributed by atoms with van der Waals surface area (Å²) in [6.07, 6.45) is 3.49. The first-order valence-electron chi connectivity index (χ1n) is 11.9. The maximum Gasteiger partial charge on any atom is 0.338 e. The molecule has 4 rings (SSSR count). The van der Waals surface area contributed by atoms with Crippen LogP contribution in [0.4, 0.5) is 0 Å². The SMILES string of the molecule is COCCOC(=O)C1=C(C)N=C2SC=C(CC(=O)NCc3cccnc3)N2[C@@H]1c1ccc(OC)c(OC)c1. The molecule has 200 valence electrons. The number of methoxy groups -OCH3 is 3. The van der Waals surface area contributed by atoms with E-state index in [9.17, 15) is 9.59 Å². The lowest BCUT2D eigenvalue weighted by atomic mass is 9.93. The summed E-state index contributed by atoms with van der Waals surface area (Å²) < 4.78 is 21.5. The zero-order chi connectivity index (χ0) is 27.1. The number of nitrogens with zero attached hydrogens (tertiary/aromatic N) is 3. The molecule has 0 unspecified atom stereocenters. The number of benzene rings is 1. The fourth-order valence-corrected chi connectivity index (χ4v) is 5.16. The number of allylic oxidation sites excluding steroid dienone is 1. The number of fused-ring (bicyclic) bond motifs is 1. The third kappa shape index (κ3) is 6.00. The van der Waals surface area contributed by atoms with Gasteiger partial charge in [-0.3, -0.25) is 9.78 Å². The highest BCUT2D eigenvalue weighted by molar-refractivity contribution is 8.16. The average Bonchev–Trinajstić information content (AvgIpc) is 3.32. The molecule has 1 aromatic carbocycles. The Morgan fingerprint density at radius 2 is 1.92 bits per heavy atom. The molecule has 0 spiro atoms. The molecule has 2 aliphatic rings. The number of hydrogen-bond donors (Lipinski definition) is 1. The van der Waals surface area contributed by atoms with Gasteiger partial charge in [0.15, 0.2) is 16.7 Å². The second kappa shape index (κ2) is 12.6. The molecule has 0 saturated carbocycles. The van der Waals surface area contributed by atoms with Crippen molar-refractivity contribution >= 4 is 28.8 Å². The number of aliphatic imine (C=N–C) groups is 1. The predicted octanol–water partition coefficient (Wildman–Crippen LogP) is 3.57. The van der Waals surface area contributed by atoms with E-state index in [1.165, 1.54) is 11.8 Å². The van der Waals surface area contributed by atoms with E-state index in [2.05, 4.69) is 15.3 Å². The Morgan fingerprint density at radius 3 is 2.63 bits per heavy atom. The largest absolute Gasteiger partial charge is 0.493 e. The van der Waals surface area contributed by atoms with Gasteiger partial charge in [0.1, 0.15) is 6.61 Å². The van der Waals surface area contributed by atoms with Crippen LogP contribution in [0.5, 0.6) is 11.5 Å². The molecule has 0 radical (unpaired) electrons. The van der Waals surface area contributed by atoms with Gasteiger partial charge in [0, 0.05) is 31.7 Å². The lowest BCUT2D eigenvalue weighted by Crippen LogP contribution is -2.38. The first kappa shape index (κ1) is 27.2. The summed E-state index contributed by atoms with van der Waals surface area (Å²) >= 11 is 1.41. The van der Waals surface area contributed by atoms with Crippen LogP contribution in [-0.2, 0) is 25.6 Å². The average molecular weight is 539 g/mol. The van der Waals surface area contributed by atoms with Gasteiger partial charge in [-0.25, -0.2) is 9.79 Å². The second-order valence-electron chi connectivity index (χ2n) is 8.45. The predicted molar refractivity (Wildman–Crippen MR) is 143 cm³/mol. The van der Waals surface area contributed by atoms with Crippen molar-refractivity contribution in [3.8, 4) is 11.5 Å². The van der Waals surface area contributed by atoms with Crippen LogP contribution >= 0.6 is 11.8 Å². The van der Waals surface area contributed by atoms with E-state index in [0.717, 1.165) is 11.1 Å². The standard InChI is InChI=1S/C27H30N4O6S/c1-17-24(26(33)37-11-10-34-2)25(19-7-8-21(35-3)22(12-19)36-4)31-20(16-38-27(31)30-17)13-23(32)29-15-18-6-5-9-28-14-18/h5-9,12,14,16,25H,10-11,13,15H2,1-4H3,(H,29,32)/t25-/m1/s1. The van der Waals surface area contributed by atoms with E-state index >= 15 is 0 Å². The van der Waals surface area contributed by atoms with Gasteiger partial charge in [-0.05, 0) is 41.7 Å². The van der Waals surface area contributed by atoms with E-state index in [1.54, 1.807) is 46.7 Å². The number of ether oxygens (including phenoxy) is 4. The normalized spacial score (nSPS) is 16.4. The highest BCUT2D eigenvalue weighted by Crippen LogP contribution is 2.46. The Morgan fingerprint density at radius 1 is 1.11 bits per heavy atom. The van der Waals surface area contributed by atoms with Crippen molar-refractivity contribution in [2.75, 3.05) is 34.5 Å². The lowest BCUT2D eigenvalue weighted by molar-refractivity contribution is -0.141. The smallest absolute Gasteiger partial charge is 0.338 e. The highest BCUT2D eigenvalue weighted by atomic mass is 32.2. The van der Waals surface area contributed by atoms with Crippen LogP contribution in [0.3, 0.4) is 0 Å². The van der Waals surface area contributed by atoms with Crippen LogP contribution in [0.25, 0.3) is 0 Å². The molecular weight excluding hydrogens is 508 g/mol. The summed E-state index contributed by atoms with van der Waals surface area (Å²) in [5, 5.41) is 5.50. The number of carbonyl (C=O) groups excluding carboxylic acids is 2. The van der Waals surface area contributed by atoms with E-state index in [0.29, 0.717) is 40.2 Å². The minimum atomic E-state index is -0.593.